The number of aliphatic hydroxyl groups is 1. The molecule has 0 aliphatic carbocycles. The van der Waals surface area contributed by atoms with Crippen LogP contribution in [0.1, 0.15) is 38.5 Å². The second-order valence-corrected chi connectivity index (χ2v) is 10.3. The van der Waals surface area contributed by atoms with Gasteiger partial charge >= 0.3 is 6.61 Å². The first-order valence-electron chi connectivity index (χ1n) is 10.4. The van der Waals surface area contributed by atoms with Gasteiger partial charge in [0.25, 0.3) is 0 Å². The van der Waals surface area contributed by atoms with E-state index in [1.54, 1.807) is 4.31 Å². The number of halogens is 2. The molecule has 0 spiro atoms. The molecule has 3 atom stereocenters. The van der Waals surface area contributed by atoms with Crippen molar-refractivity contribution in [3.8, 4) is 5.75 Å². The molecule has 2 bridgehead atoms. The fourth-order valence-electron chi connectivity index (χ4n) is 4.87. The molecule has 0 unspecified atom stereocenters. The van der Waals surface area contributed by atoms with E-state index in [0.717, 1.165) is 12.8 Å². The van der Waals surface area contributed by atoms with Gasteiger partial charge in [-0.25, -0.2) is 8.42 Å². The summed E-state index contributed by atoms with van der Waals surface area (Å²) in [5, 5.41) is 14.1. The third-order valence-electron chi connectivity index (χ3n) is 6.43. The maximum absolute atomic E-state index is 13.2. The predicted octanol–water partition coefficient (Wildman–Crippen LogP) is 2.10. The van der Waals surface area contributed by atoms with E-state index in [-0.39, 0.29) is 28.8 Å². The molecule has 0 saturated carbocycles. The molecule has 0 amide bonds. The summed E-state index contributed by atoms with van der Waals surface area (Å²) in [7, 11) is -3.72. The minimum atomic E-state index is -3.72. The Morgan fingerprint density at radius 3 is 2.33 bits per heavy atom. The summed E-state index contributed by atoms with van der Waals surface area (Å²) >= 11 is 0. The van der Waals surface area contributed by atoms with Crippen molar-refractivity contribution in [3.63, 3.8) is 0 Å². The highest BCUT2D eigenvalue weighted by Gasteiger charge is 2.47. The molecule has 30 heavy (non-hydrogen) atoms. The van der Waals surface area contributed by atoms with Gasteiger partial charge in [-0.3, -0.25) is 0 Å². The molecule has 0 radical (unpaired) electrons. The van der Waals surface area contributed by atoms with E-state index < -0.39 is 22.2 Å². The van der Waals surface area contributed by atoms with Crippen molar-refractivity contribution in [2.75, 3.05) is 19.8 Å². The molecule has 3 saturated heterocycles. The number of piperidine rings is 1. The Balaban J connectivity index is 1.40. The number of hydrogen-bond donors (Lipinski definition) is 2. The number of rotatable bonds is 7. The van der Waals surface area contributed by atoms with Crippen molar-refractivity contribution >= 4 is 10.0 Å². The van der Waals surface area contributed by atoms with Crippen LogP contribution in [0.4, 0.5) is 8.78 Å². The second-order valence-electron chi connectivity index (χ2n) is 8.46. The number of nitrogens with one attached hydrogen (secondary N) is 1. The largest absolute Gasteiger partial charge is 0.435 e. The lowest BCUT2D eigenvalue weighted by atomic mass is 9.92. The molecule has 2 N–H and O–H groups in total. The van der Waals surface area contributed by atoms with Gasteiger partial charge in [0.15, 0.2) is 0 Å². The maximum Gasteiger partial charge on any atom is 0.387 e. The van der Waals surface area contributed by atoms with Crippen molar-refractivity contribution < 1.29 is 31.8 Å². The molecule has 3 aliphatic heterocycles. The fourth-order valence-corrected chi connectivity index (χ4v) is 6.76. The van der Waals surface area contributed by atoms with E-state index in [0.29, 0.717) is 45.4 Å². The number of hydrogen-bond acceptors (Lipinski definition) is 6. The summed E-state index contributed by atoms with van der Waals surface area (Å²) in [6.45, 7) is -1.35. The van der Waals surface area contributed by atoms with Crippen molar-refractivity contribution in [3.05, 3.63) is 24.3 Å². The Hall–Kier alpha value is -1.33. The van der Waals surface area contributed by atoms with Crippen molar-refractivity contribution in [2.45, 2.75) is 73.8 Å². The molecule has 1 aromatic rings. The Bertz CT molecular complexity index is 816. The minimum absolute atomic E-state index is 0.0686. The van der Waals surface area contributed by atoms with E-state index in [1.165, 1.54) is 24.3 Å². The van der Waals surface area contributed by atoms with Gasteiger partial charge < -0.3 is 19.9 Å². The van der Waals surface area contributed by atoms with Crippen LogP contribution in [0.15, 0.2) is 29.2 Å². The predicted molar refractivity (Wildman–Crippen MR) is 105 cm³/mol. The van der Waals surface area contributed by atoms with Crippen LogP contribution < -0.4 is 10.1 Å². The van der Waals surface area contributed by atoms with Crippen molar-refractivity contribution in [1.29, 1.82) is 0 Å². The SMILES string of the molecule is O=S(=O)(c1ccc(OC(F)F)cc1)N1[C@@H]2CC[C@H]1C[C@H](NCC1(O)CCOCC1)C2. The highest BCUT2D eigenvalue weighted by Crippen LogP contribution is 2.40. The first-order valence-corrected chi connectivity index (χ1v) is 11.8. The zero-order valence-corrected chi connectivity index (χ0v) is 17.5. The first kappa shape index (κ1) is 21.9. The number of sulfonamides is 1. The van der Waals surface area contributed by atoms with Crippen molar-refractivity contribution in [1.82, 2.24) is 9.62 Å². The summed E-state index contributed by atoms with van der Waals surface area (Å²) in [6, 6.07) is 5.09. The summed E-state index contributed by atoms with van der Waals surface area (Å²) in [5.41, 5.74) is -0.761. The van der Waals surface area contributed by atoms with Crippen LogP contribution >= 0.6 is 0 Å². The van der Waals surface area contributed by atoms with Crippen LogP contribution in [0.25, 0.3) is 0 Å². The smallest absolute Gasteiger partial charge is 0.387 e. The Labute approximate surface area is 175 Å². The van der Waals surface area contributed by atoms with Gasteiger partial charge in [-0.1, -0.05) is 0 Å². The molecule has 3 aliphatic rings. The zero-order valence-electron chi connectivity index (χ0n) is 16.7. The van der Waals surface area contributed by atoms with E-state index in [9.17, 15) is 22.3 Å². The third-order valence-corrected chi connectivity index (χ3v) is 8.45. The highest BCUT2D eigenvalue weighted by molar-refractivity contribution is 7.89. The molecule has 3 heterocycles. The maximum atomic E-state index is 13.2. The van der Waals surface area contributed by atoms with Crippen LogP contribution in [0.2, 0.25) is 0 Å². The lowest BCUT2D eigenvalue weighted by Gasteiger charge is -2.40. The first-order chi connectivity index (χ1) is 14.3. The molecule has 1 aromatic carbocycles. The van der Waals surface area contributed by atoms with Crippen LogP contribution in [0, 0.1) is 0 Å². The van der Waals surface area contributed by atoms with Gasteiger partial charge in [0.05, 0.1) is 10.5 Å². The van der Waals surface area contributed by atoms with Gasteiger partial charge in [0.1, 0.15) is 5.75 Å². The summed E-state index contributed by atoms with van der Waals surface area (Å²) in [5.74, 6) is -0.0686. The molecule has 7 nitrogen and oxygen atoms in total. The molecule has 10 heteroatoms. The quantitative estimate of drug-likeness (QED) is 0.667. The van der Waals surface area contributed by atoms with E-state index in [4.69, 9.17) is 4.74 Å². The average Bonchev–Trinajstić information content (AvgIpc) is 2.99. The number of ether oxygens (including phenoxy) is 2. The standard InChI is InChI=1S/C20H28F2N2O5S/c21-19(22)29-17-3-5-18(6-4-17)30(26,27)24-15-1-2-16(24)12-14(11-15)23-13-20(25)7-9-28-10-8-20/h3-6,14-16,19,23,25H,1-2,7-13H2/t14-,15-,16+. The van der Waals surface area contributed by atoms with E-state index in [1.807, 2.05) is 0 Å². The monoisotopic (exact) mass is 446 g/mol. The van der Waals surface area contributed by atoms with Crippen LogP contribution in [-0.4, -0.2) is 67.9 Å². The molecule has 168 valence electrons. The highest BCUT2D eigenvalue weighted by atomic mass is 32.2. The Morgan fingerprint density at radius 2 is 1.77 bits per heavy atom. The number of alkyl halides is 2. The number of fused-ring (bicyclic) bond motifs is 2. The van der Waals surface area contributed by atoms with Crippen LogP contribution in [-0.2, 0) is 14.8 Å². The third kappa shape index (κ3) is 4.62. The lowest BCUT2D eigenvalue weighted by Crippen LogP contribution is -2.54. The fraction of sp³-hybridized carbons (Fsp3) is 0.700. The molecule has 0 aromatic heterocycles. The second kappa shape index (κ2) is 8.66. The average molecular weight is 447 g/mol. The Morgan fingerprint density at radius 1 is 1.17 bits per heavy atom. The lowest BCUT2D eigenvalue weighted by molar-refractivity contribution is -0.0637. The van der Waals surface area contributed by atoms with Gasteiger partial charge in [-0.05, 0) is 49.9 Å². The number of benzene rings is 1. The normalized spacial score (nSPS) is 29.3. The molecular weight excluding hydrogens is 418 g/mol. The molecule has 3 fully saturated rings. The van der Waals surface area contributed by atoms with Gasteiger partial charge in [0, 0.05) is 50.7 Å². The van der Waals surface area contributed by atoms with Crippen LogP contribution in [0.5, 0.6) is 5.75 Å². The van der Waals surface area contributed by atoms with E-state index in [2.05, 4.69) is 10.1 Å². The van der Waals surface area contributed by atoms with Gasteiger partial charge in [-0.15, -0.1) is 0 Å². The van der Waals surface area contributed by atoms with E-state index >= 15 is 0 Å². The zero-order chi connectivity index (χ0) is 21.4. The number of nitrogens with zero attached hydrogens (tertiary/aromatic N) is 1. The topological polar surface area (TPSA) is 88.1 Å². The molecule has 4 rings (SSSR count). The Kier molecular flexibility index (Phi) is 6.32. The van der Waals surface area contributed by atoms with Crippen LogP contribution in [0.3, 0.4) is 0 Å². The summed E-state index contributed by atoms with van der Waals surface area (Å²) < 4.78 is 62.3. The van der Waals surface area contributed by atoms with Gasteiger partial charge in [-0.2, -0.15) is 13.1 Å². The minimum Gasteiger partial charge on any atom is -0.435 e. The summed E-state index contributed by atoms with van der Waals surface area (Å²) in [6.07, 6.45) is 4.18. The molecular formula is C20H28F2N2O5S. The van der Waals surface area contributed by atoms with Gasteiger partial charge in [0.2, 0.25) is 10.0 Å². The summed E-state index contributed by atoms with van der Waals surface area (Å²) in [4.78, 5) is 0.0870. The van der Waals surface area contributed by atoms with Crippen molar-refractivity contribution in [2.24, 2.45) is 0 Å².